The highest BCUT2D eigenvalue weighted by Crippen LogP contribution is 2.43. The van der Waals surface area contributed by atoms with Gasteiger partial charge in [-0.15, -0.1) is 0 Å². The van der Waals surface area contributed by atoms with E-state index in [1.807, 2.05) is 19.2 Å². The van der Waals surface area contributed by atoms with Crippen LogP contribution in [0.2, 0.25) is 0 Å². The number of guanidine groups is 1. The van der Waals surface area contributed by atoms with Gasteiger partial charge in [-0.2, -0.15) is 0 Å². The molecule has 1 aromatic carbocycles. The summed E-state index contributed by atoms with van der Waals surface area (Å²) in [4.78, 5) is 4.41. The fourth-order valence-corrected chi connectivity index (χ4v) is 3.67. The van der Waals surface area contributed by atoms with Gasteiger partial charge < -0.3 is 24.8 Å². The summed E-state index contributed by atoms with van der Waals surface area (Å²) in [6.45, 7) is 6.93. The fraction of sp³-hybridized carbons (Fsp3) is 0.682. The third-order valence-corrected chi connectivity index (χ3v) is 5.97. The van der Waals surface area contributed by atoms with Gasteiger partial charge in [-0.1, -0.05) is 26.3 Å². The Hall–Kier alpha value is -1.95. The maximum Gasteiger partial charge on any atom is 0.191 e. The minimum absolute atomic E-state index is 0.0959. The summed E-state index contributed by atoms with van der Waals surface area (Å²) < 4.78 is 16.1. The molecule has 6 heteroatoms. The van der Waals surface area contributed by atoms with E-state index in [1.165, 1.54) is 24.8 Å². The Kier molecular flexibility index (Phi) is 7.98. The van der Waals surface area contributed by atoms with Crippen molar-refractivity contribution < 1.29 is 14.2 Å². The average Bonchev–Trinajstić information content (AvgIpc) is 2.68. The lowest BCUT2D eigenvalue weighted by atomic mass is 9.67. The lowest BCUT2D eigenvalue weighted by Gasteiger charge is -2.42. The molecule has 0 saturated heterocycles. The molecule has 2 rings (SSSR count). The fourth-order valence-electron chi connectivity index (χ4n) is 3.67. The van der Waals surface area contributed by atoms with Crippen molar-refractivity contribution in [3.05, 3.63) is 23.8 Å². The zero-order chi connectivity index (χ0) is 20.6. The molecule has 1 aliphatic rings. The van der Waals surface area contributed by atoms with Crippen molar-refractivity contribution in [1.82, 2.24) is 10.6 Å². The van der Waals surface area contributed by atoms with Gasteiger partial charge in [-0.3, -0.25) is 4.99 Å². The summed E-state index contributed by atoms with van der Waals surface area (Å²) in [5, 5.41) is 7.01. The van der Waals surface area contributed by atoms with Crippen LogP contribution in [0.5, 0.6) is 11.5 Å². The van der Waals surface area contributed by atoms with Crippen LogP contribution in [-0.2, 0) is 10.2 Å². The van der Waals surface area contributed by atoms with E-state index in [9.17, 15) is 0 Å². The van der Waals surface area contributed by atoms with Crippen LogP contribution in [0.15, 0.2) is 23.2 Å². The van der Waals surface area contributed by atoms with Crippen molar-refractivity contribution in [3.63, 3.8) is 0 Å². The molecule has 0 atom stereocenters. The predicted molar refractivity (Wildman–Crippen MR) is 115 cm³/mol. The second-order valence-corrected chi connectivity index (χ2v) is 8.33. The Morgan fingerprint density at radius 2 is 1.82 bits per heavy atom. The molecule has 0 bridgehead atoms. The van der Waals surface area contributed by atoms with Gasteiger partial charge in [0.15, 0.2) is 17.5 Å². The van der Waals surface area contributed by atoms with E-state index in [-0.39, 0.29) is 5.41 Å². The number of benzene rings is 1. The smallest absolute Gasteiger partial charge is 0.191 e. The number of nitrogens with one attached hydrogen (secondary N) is 2. The maximum atomic E-state index is 5.45. The highest BCUT2D eigenvalue weighted by molar-refractivity contribution is 5.79. The number of hydrogen-bond donors (Lipinski definition) is 2. The van der Waals surface area contributed by atoms with Crippen LogP contribution in [0.1, 0.15) is 45.1 Å². The van der Waals surface area contributed by atoms with Gasteiger partial charge in [-0.25, -0.2) is 0 Å². The quantitative estimate of drug-likeness (QED) is 0.473. The van der Waals surface area contributed by atoms with E-state index in [2.05, 4.69) is 35.5 Å². The molecular formula is C22H37N3O3. The minimum atomic E-state index is -0.0959. The molecule has 1 saturated carbocycles. The monoisotopic (exact) mass is 391 g/mol. The second-order valence-electron chi connectivity index (χ2n) is 8.33. The standard InChI is InChI=1S/C22H37N3O3/c1-21(2,17-8-9-18(27-5)19(14-17)28-6)15-24-20(23-3)25-16-22(10-7-11-22)12-13-26-4/h8-9,14H,7,10-13,15-16H2,1-6H3,(H2,23,24,25). The Bertz CT molecular complexity index is 654. The van der Waals surface area contributed by atoms with Gasteiger partial charge in [0.2, 0.25) is 0 Å². The SMILES string of the molecule is CN=C(NCC1(CCOC)CCC1)NCC(C)(C)c1ccc(OC)c(OC)c1. The van der Waals surface area contributed by atoms with Crippen LogP contribution < -0.4 is 20.1 Å². The molecule has 6 nitrogen and oxygen atoms in total. The van der Waals surface area contributed by atoms with Gasteiger partial charge in [0, 0.05) is 39.3 Å². The van der Waals surface area contributed by atoms with Crippen LogP contribution in [0, 0.1) is 5.41 Å². The van der Waals surface area contributed by atoms with Crippen molar-refractivity contribution >= 4 is 5.96 Å². The summed E-state index contributed by atoms with van der Waals surface area (Å²) in [6.07, 6.45) is 4.93. The summed E-state index contributed by atoms with van der Waals surface area (Å²) in [5.74, 6) is 2.34. The molecule has 0 radical (unpaired) electrons. The first-order valence-corrected chi connectivity index (χ1v) is 10.1. The largest absolute Gasteiger partial charge is 0.493 e. The topological polar surface area (TPSA) is 64.1 Å². The van der Waals surface area contributed by atoms with E-state index >= 15 is 0 Å². The second kappa shape index (κ2) is 10.0. The highest BCUT2D eigenvalue weighted by Gasteiger charge is 2.36. The third-order valence-electron chi connectivity index (χ3n) is 5.97. The van der Waals surface area contributed by atoms with Gasteiger partial charge >= 0.3 is 0 Å². The van der Waals surface area contributed by atoms with Crippen LogP contribution in [-0.4, -0.2) is 54.0 Å². The predicted octanol–water partition coefficient (Wildman–Crippen LogP) is 3.35. The van der Waals surface area contributed by atoms with Crippen LogP contribution >= 0.6 is 0 Å². The molecule has 0 aromatic heterocycles. The van der Waals surface area contributed by atoms with Gasteiger partial charge in [0.25, 0.3) is 0 Å². The van der Waals surface area contributed by atoms with Gasteiger partial charge in [-0.05, 0) is 42.4 Å². The first kappa shape index (κ1) is 22.3. The number of nitrogens with zero attached hydrogens (tertiary/aromatic N) is 1. The maximum absolute atomic E-state index is 5.45. The van der Waals surface area contributed by atoms with Crippen molar-refractivity contribution in [3.8, 4) is 11.5 Å². The molecule has 0 unspecified atom stereocenters. The Morgan fingerprint density at radius 1 is 1.11 bits per heavy atom. The van der Waals surface area contributed by atoms with Crippen molar-refractivity contribution in [2.24, 2.45) is 10.4 Å². The van der Waals surface area contributed by atoms with E-state index in [0.717, 1.165) is 43.6 Å². The molecule has 28 heavy (non-hydrogen) atoms. The van der Waals surface area contributed by atoms with E-state index < -0.39 is 0 Å². The first-order valence-electron chi connectivity index (χ1n) is 10.1. The van der Waals surface area contributed by atoms with Crippen LogP contribution in [0.25, 0.3) is 0 Å². The molecule has 1 aromatic rings. The number of ether oxygens (including phenoxy) is 3. The highest BCUT2D eigenvalue weighted by atomic mass is 16.5. The Labute approximate surface area is 170 Å². The lowest BCUT2D eigenvalue weighted by Crippen LogP contribution is -2.49. The number of aliphatic imine (C=N–C) groups is 1. The first-order chi connectivity index (χ1) is 13.4. The third kappa shape index (κ3) is 5.53. The zero-order valence-corrected chi connectivity index (χ0v) is 18.4. The lowest BCUT2D eigenvalue weighted by molar-refractivity contribution is 0.0732. The van der Waals surface area contributed by atoms with E-state index in [4.69, 9.17) is 14.2 Å². The van der Waals surface area contributed by atoms with Gasteiger partial charge in [0.05, 0.1) is 14.2 Å². The molecule has 0 aliphatic heterocycles. The van der Waals surface area contributed by atoms with Crippen molar-refractivity contribution in [2.75, 3.05) is 48.1 Å². The van der Waals surface area contributed by atoms with Crippen LogP contribution in [0.4, 0.5) is 0 Å². The number of hydrogen-bond acceptors (Lipinski definition) is 4. The average molecular weight is 392 g/mol. The van der Waals surface area contributed by atoms with Gasteiger partial charge in [0.1, 0.15) is 0 Å². The van der Waals surface area contributed by atoms with E-state index in [1.54, 1.807) is 21.3 Å². The molecule has 1 aliphatic carbocycles. The molecule has 1 fully saturated rings. The van der Waals surface area contributed by atoms with Crippen molar-refractivity contribution in [2.45, 2.75) is 44.9 Å². The molecule has 2 N–H and O–H groups in total. The molecule has 0 heterocycles. The minimum Gasteiger partial charge on any atom is -0.493 e. The molecule has 0 spiro atoms. The van der Waals surface area contributed by atoms with Crippen molar-refractivity contribution in [1.29, 1.82) is 0 Å². The zero-order valence-electron chi connectivity index (χ0n) is 18.4. The summed E-state index contributed by atoms with van der Waals surface area (Å²) in [5.41, 5.74) is 1.44. The van der Waals surface area contributed by atoms with E-state index in [0.29, 0.717) is 5.41 Å². The summed E-state index contributed by atoms with van der Waals surface area (Å²) in [6, 6.07) is 6.09. The summed E-state index contributed by atoms with van der Waals surface area (Å²) in [7, 11) is 6.91. The normalized spacial score (nSPS) is 16.3. The molecule has 158 valence electrons. The number of rotatable bonds is 10. The molecule has 0 amide bonds. The summed E-state index contributed by atoms with van der Waals surface area (Å²) >= 11 is 0. The van der Waals surface area contributed by atoms with Crippen LogP contribution in [0.3, 0.4) is 0 Å². The molecular weight excluding hydrogens is 354 g/mol. The number of methoxy groups -OCH3 is 3. The Morgan fingerprint density at radius 3 is 2.36 bits per heavy atom. The Balaban J connectivity index is 1.94.